The number of hydrogen-bond donors (Lipinski definition) is 1. The fourth-order valence-corrected chi connectivity index (χ4v) is 4.10. The number of amides is 1. The molecule has 1 aromatic carbocycles. The number of thiophene rings is 1. The lowest BCUT2D eigenvalue weighted by atomic mass is 10.3. The van der Waals surface area contributed by atoms with Crippen LogP contribution in [0.1, 0.15) is 15.2 Å². The molecule has 0 unspecified atom stereocenters. The molecule has 6 heteroatoms. The molecule has 4 nitrogen and oxygen atoms in total. The second kappa shape index (κ2) is 7.99. The molecular weight excluding hydrogens is 340 g/mol. The van der Waals surface area contributed by atoms with Gasteiger partial charge in [0.15, 0.2) is 0 Å². The first-order chi connectivity index (χ1) is 11.8. The molecule has 2 heterocycles. The van der Waals surface area contributed by atoms with Crippen LogP contribution in [0.2, 0.25) is 0 Å². The summed E-state index contributed by atoms with van der Waals surface area (Å²) < 4.78 is 5.18. The van der Waals surface area contributed by atoms with E-state index in [0.29, 0.717) is 5.75 Å². The maximum Gasteiger partial charge on any atom is 0.266 e. The van der Waals surface area contributed by atoms with Gasteiger partial charge in [-0.25, -0.2) is 0 Å². The highest BCUT2D eigenvalue weighted by atomic mass is 32.2. The van der Waals surface area contributed by atoms with Crippen LogP contribution in [0.3, 0.4) is 0 Å². The van der Waals surface area contributed by atoms with Crippen LogP contribution < -0.4 is 10.1 Å². The summed E-state index contributed by atoms with van der Waals surface area (Å²) in [7, 11) is 1.61. The summed E-state index contributed by atoms with van der Waals surface area (Å²) in [6, 6.07) is 13.3. The van der Waals surface area contributed by atoms with Crippen LogP contribution in [-0.2, 0) is 5.75 Å². The Labute approximate surface area is 148 Å². The molecule has 0 saturated heterocycles. The van der Waals surface area contributed by atoms with Crippen molar-refractivity contribution in [2.75, 3.05) is 12.4 Å². The lowest BCUT2D eigenvalue weighted by molar-refractivity contribution is 0.102. The summed E-state index contributed by atoms with van der Waals surface area (Å²) in [6.45, 7) is 0. The minimum atomic E-state index is -0.101. The first-order valence-corrected chi connectivity index (χ1v) is 9.17. The molecule has 0 radical (unpaired) electrons. The minimum absolute atomic E-state index is 0.101. The molecular formula is C18H16N2O2S2. The molecule has 0 spiro atoms. The van der Waals surface area contributed by atoms with Crippen molar-refractivity contribution < 1.29 is 9.53 Å². The molecule has 24 heavy (non-hydrogen) atoms. The van der Waals surface area contributed by atoms with E-state index in [1.165, 1.54) is 16.9 Å². The Morgan fingerprint density at radius 1 is 1.25 bits per heavy atom. The number of rotatable bonds is 6. The Morgan fingerprint density at radius 2 is 2.08 bits per heavy atom. The SMILES string of the molecule is COc1cccc(NC(=O)c2sccc2SCc2ccncc2)c1. The van der Waals surface area contributed by atoms with Gasteiger partial charge in [-0.05, 0) is 41.3 Å². The predicted molar refractivity (Wildman–Crippen MR) is 99.1 cm³/mol. The second-order valence-electron chi connectivity index (χ2n) is 4.94. The number of hydrogen-bond acceptors (Lipinski definition) is 5. The standard InChI is InChI=1S/C18H16N2O2S2/c1-22-15-4-2-3-14(11-15)20-18(21)17-16(7-10-23-17)24-12-13-5-8-19-9-6-13/h2-11H,12H2,1H3,(H,20,21). The minimum Gasteiger partial charge on any atom is -0.497 e. The summed E-state index contributed by atoms with van der Waals surface area (Å²) in [5, 5.41) is 4.87. The van der Waals surface area contributed by atoms with Gasteiger partial charge in [-0.3, -0.25) is 9.78 Å². The molecule has 0 atom stereocenters. The molecule has 0 fully saturated rings. The van der Waals surface area contributed by atoms with Gasteiger partial charge >= 0.3 is 0 Å². The lowest BCUT2D eigenvalue weighted by Gasteiger charge is -2.07. The fraction of sp³-hybridized carbons (Fsp3) is 0.111. The van der Waals surface area contributed by atoms with E-state index in [-0.39, 0.29) is 5.91 Å². The molecule has 2 aromatic heterocycles. The van der Waals surface area contributed by atoms with Crippen LogP contribution in [0.15, 0.2) is 65.1 Å². The summed E-state index contributed by atoms with van der Waals surface area (Å²) in [6.07, 6.45) is 3.56. The van der Waals surface area contributed by atoms with Gasteiger partial charge in [0.1, 0.15) is 10.6 Å². The van der Waals surface area contributed by atoms with Crippen LogP contribution in [-0.4, -0.2) is 18.0 Å². The Kier molecular flexibility index (Phi) is 5.51. The summed E-state index contributed by atoms with van der Waals surface area (Å²) in [4.78, 5) is 18.3. The lowest BCUT2D eigenvalue weighted by Crippen LogP contribution is -2.11. The van der Waals surface area contributed by atoms with E-state index >= 15 is 0 Å². The Bertz CT molecular complexity index is 819. The van der Waals surface area contributed by atoms with E-state index in [9.17, 15) is 4.79 Å². The molecule has 1 amide bonds. The number of anilines is 1. The van der Waals surface area contributed by atoms with Crippen LogP contribution in [0.5, 0.6) is 5.75 Å². The largest absolute Gasteiger partial charge is 0.497 e. The number of carbonyl (C=O) groups excluding carboxylic acids is 1. The zero-order chi connectivity index (χ0) is 16.8. The summed E-state index contributed by atoms with van der Waals surface area (Å²) >= 11 is 3.10. The molecule has 1 N–H and O–H groups in total. The van der Waals surface area contributed by atoms with Gasteiger partial charge in [0.2, 0.25) is 0 Å². The average molecular weight is 356 g/mol. The number of pyridine rings is 1. The molecule has 0 aliphatic rings. The zero-order valence-electron chi connectivity index (χ0n) is 13.1. The van der Waals surface area contributed by atoms with Gasteiger partial charge in [-0.2, -0.15) is 0 Å². The van der Waals surface area contributed by atoms with Crippen LogP contribution in [0.25, 0.3) is 0 Å². The predicted octanol–water partition coefficient (Wildman–Crippen LogP) is 4.70. The van der Waals surface area contributed by atoms with Gasteiger partial charge < -0.3 is 10.1 Å². The van der Waals surface area contributed by atoms with Crippen molar-refractivity contribution in [2.24, 2.45) is 0 Å². The van der Waals surface area contributed by atoms with Gasteiger partial charge in [0, 0.05) is 34.8 Å². The van der Waals surface area contributed by atoms with Crippen molar-refractivity contribution in [2.45, 2.75) is 10.6 Å². The number of nitrogens with one attached hydrogen (secondary N) is 1. The molecule has 0 saturated carbocycles. The Morgan fingerprint density at radius 3 is 2.88 bits per heavy atom. The molecule has 3 rings (SSSR count). The third kappa shape index (κ3) is 4.15. The number of thioether (sulfide) groups is 1. The van der Waals surface area contributed by atoms with Crippen molar-refractivity contribution >= 4 is 34.7 Å². The smallest absolute Gasteiger partial charge is 0.266 e. The highest BCUT2D eigenvalue weighted by Gasteiger charge is 2.14. The highest BCUT2D eigenvalue weighted by Crippen LogP contribution is 2.31. The topological polar surface area (TPSA) is 51.2 Å². The maximum atomic E-state index is 12.5. The van der Waals surface area contributed by atoms with Gasteiger partial charge in [-0.15, -0.1) is 23.1 Å². The van der Waals surface area contributed by atoms with E-state index in [0.717, 1.165) is 21.2 Å². The second-order valence-corrected chi connectivity index (χ2v) is 6.88. The van der Waals surface area contributed by atoms with Crippen LogP contribution >= 0.6 is 23.1 Å². The molecule has 0 bridgehead atoms. The van der Waals surface area contributed by atoms with Crippen molar-refractivity contribution in [1.29, 1.82) is 0 Å². The summed E-state index contributed by atoms with van der Waals surface area (Å²) in [5.74, 6) is 1.42. The van der Waals surface area contributed by atoms with Crippen LogP contribution in [0, 0.1) is 0 Å². The van der Waals surface area contributed by atoms with E-state index < -0.39 is 0 Å². The van der Waals surface area contributed by atoms with Crippen molar-refractivity contribution in [3.8, 4) is 5.75 Å². The number of aromatic nitrogens is 1. The molecule has 3 aromatic rings. The fourth-order valence-electron chi connectivity index (χ4n) is 2.11. The number of ether oxygens (including phenoxy) is 1. The Balaban J connectivity index is 1.68. The first-order valence-electron chi connectivity index (χ1n) is 7.31. The number of nitrogens with zero attached hydrogens (tertiary/aromatic N) is 1. The third-order valence-electron chi connectivity index (χ3n) is 3.31. The van der Waals surface area contributed by atoms with E-state index in [2.05, 4.69) is 10.3 Å². The maximum absolute atomic E-state index is 12.5. The molecule has 0 aliphatic carbocycles. The number of benzene rings is 1. The first kappa shape index (κ1) is 16.5. The number of carbonyl (C=O) groups is 1. The van der Waals surface area contributed by atoms with Crippen molar-refractivity contribution in [3.05, 3.63) is 70.7 Å². The third-order valence-corrected chi connectivity index (χ3v) is 5.48. The monoisotopic (exact) mass is 356 g/mol. The summed E-state index contributed by atoms with van der Waals surface area (Å²) in [5.41, 5.74) is 1.90. The van der Waals surface area contributed by atoms with E-state index in [1.807, 2.05) is 41.8 Å². The molecule has 0 aliphatic heterocycles. The quantitative estimate of drug-likeness (QED) is 0.651. The van der Waals surface area contributed by atoms with E-state index in [4.69, 9.17) is 4.74 Å². The van der Waals surface area contributed by atoms with Gasteiger partial charge in [0.05, 0.1) is 7.11 Å². The highest BCUT2D eigenvalue weighted by molar-refractivity contribution is 7.98. The zero-order valence-corrected chi connectivity index (χ0v) is 14.7. The van der Waals surface area contributed by atoms with Gasteiger partial charge in [-0.1, -0.05) is 6.07 Å². The van der Waals surface area contributed by atoms with E-state index in [1.54, 1.807) is 37.3 Å². The average Bonchev–Trinajstić information content (AvgIpc) is 3.10. The van der Waals surface area contributed by atoms with Gasteiger partial charge in [0.25, 0.3) is 5.91 Å². The normalized spacial score (nSPS) is 10.4. The van der Waals surface area contributed by atoms with Crippen molar-refractivity contribution in [3.63, 3.8) is 0 Å². The Hall–Kier alpha value is -2.31. The van der Waals surface area contributed by atoms with Crippen LogP contribution in [0.4, 0.5) is 5.69 Å². The molecule has 122 valence electrons. The van der Waals surface area contributed by atoms with Crippen molar-refractivity contribution in [1.82, 2.24) is 4.98 Å². The number of methoxy groups -OCH3 is 1.